The van der Waals surface area contributed by atoms with Crippen LogP contribution in [0.15, 0.2) is 36.4 Å². The van der Waals surface area contributed by atoms with Gasteiger partial charge >= 0.3 is 0 Å². The lowest BCUT2D eigenvalue weighted by molar-refractivity contribution is 0.730. The second-order valence-electron chi connectivity index (χ2n) is 5.02. The predicted octanol–water partition coefficient (Wildman–Crippen LogP) is 3.62. The molecule has 3 heteroatoms. The molecule has 0 spiro atoms. The standard InChI is InChI=1S/C16H22N2S/c1-4-14-8-9-15(19-14)11-16(17)12-6-5-7-13(10-12)18(2)3/h5-10,16H,4,11,17H2,1-3H3. The molecule has 0 bridgehead atoms. The van der Waals surface area contributed by atoms with Gasteiger partial charge in [0.05, 0.1) is 0 Å². The monoisotopic (exact) mass is 274 g/mol. The zero-order valence-electron chi connectivity index (χ0n) is 11.9. The van der Waals surface area contributed by atoms with Gasteiger partial charge in [-0.15, -0.1) is 11.3 Å². The van der Waals surface area contributed by atoms with Gasteiger partial charge in [0.15, 0.2) is 0 Å². The van der Waals surface area contributed by atoms with E-state index in [2.05, 4.69) is 62.3 Å². The third-order valence-corrected chi connectivity index (χ3v) is 4.55. The fourth-order valence-electron chi connectivity index (χ4n) is 2.09. The molecule has 0 fully saturated rings. The first-order valence-electron chi connectivity index (χ1n) is 6.70. The van der Waals surface area contributed by atoms with Gasteiger partial charge in [-0.05, 0) is 36.2 Å². The highest BCUT2D eigenvalue weighted by Gasteiger charge is 2.10. The molecule has 0 radical (unpaired) electrons. The lowest BCUT2D eigenvalue weighted by Gasteiger charge is -2.16. The number of anilines is 1. The van der Waals surface area contributed by atoms with Crippen molar-refractivity contribution < 1.29 is 0 Å². The Morgan fingerprint density at radius 1 is 1.16 bits per heavy atom. The smallest absolute Gasteiger partial charge is 0.0364 e. The van der Waals surface area contributed by atoms with Gasteiger partial charge in [0.25, 0.3) is 0 Å². The van der Waals surface area contributed by atoms with Crippen molar-refractivity contribution in [3.63, 3.8) is 0 Å². The number of nitrogens with zero attached hydrogens (tertiary/aromatic N) is 1. The first kappa shape index (κ1) is 14.1. The SMILES string of the molecule is CCc1ccc(CC(N)c2cccc(N(C)C)c2)s1. The van der Waals surface area contributed by atoms with E-state index in [0.717, 1.165) is 12.8 Å². The predicted molar refractivity (Wildman–Crippen MR) is 85.1 cm³/mol. The van der Waals surface area contributed by atoms with Crippen LogP contribution in [0.25, 0.3) is 0 Å². The van der Waals surface area contributed by atoms with Gasteiger partial charge in [-0.3, -0.25) is 0 Å². The fourth-order valence-corrected chi connectivity index (χ4v) is 3.11. The topological polar surface area (TPSA) is 29.3 Å². The van der Waals surface area contributed by atoms with Crippen LogP contribution in [-0.2, 0) is 12.8 Å². The Morgan fingerprint density at radius 2 is 1.89 bits per heavy atom. The molecule has 0 saturated heterocycles. The molecule has 0 aliphatic rings. The Labute approximate surface area is 119 Å². The summed E-state index contributed by atoms with van der Waals surface area (Å²) in [4.78, 5) is 4.92. The molecule has 0 aliphatic heterocycles. The summed E-state index contributed by atoms with van der Waals surface area (Å²) in [6.45, 7) is 2.19. The van der Waals surface area contributed by atoms with Gasteiger partial charge in [0.1, 0.15) is 0 Å². The Hall–Kier alpha value is -1.32. The van der Waals surface area contributed by atoms with E-state index in [1.807, 2.05) is 11.3 Å². The van der Waals surface area contributed by atoms with Crippen molar-refractivity contribution in [2.45, 2.75) is 25.8 Å². The minimum absolute atomic E-state index is 0.0725. The molecule has 1 heterocycles. The summed E-state index contributed by atoms with van der Waals surface area (Å²) in [5.74, 6) is 0. The fraction of sp³-hybridized carbons (Fsp3) is 0.375. The zero-order valence-corrected chi connectivity index (χ0v) is 12.7. The quantitative estimate of drug-likeness (QED) is 0.902. The number of hydrogen-bond donors (Lipinski definition) is 1. The van der Waals surface area contributed by atoms with Crippen molar-refractivity contribution in [2.24, 2.45) is 5.73 Å². The Morgan fingerprint density at radius 3 is 2.53 bits per heavy atom. The first-order valence-corrected chi connectivity index (χ1v) is 7.52. The van der Waals surface area contributed by atoms with E-state index < -0.39 is 0 Å². The number of hydrogen-bond acceptors (Lipinski definition) is 3. The minimum atomic E-state index is 0.0725. The highest BCUT2D eigenvalue weighted by molar-refractivity contribution is 7.11. The molecule has 1 unspecified atom stereocenters. The number of rotatable bonds is 5. The second-order valence-corrected chi connectivity index (χ2v) is 6.27. The van der Waals surface area contributed by atoms with Crippen LogP contribution >= 0.6 is 11.3 Å². The van der Waals surface area contributed by atoms with Gasteiger partial charge in [-0.2, -0.15) is 0 Å². The van der Waals surface area contributed by atoms with Gasteiger partial charge < -0.3 is 10.6 Å². The summed E-state index contributed by atoms with van der Waals surface area (Å²) in [7, 11) is 4.11. The first-order chi connectivity index (χ1) is 9.10. The molecule has 0 aliphatic carbocycles. The van der Waals surface area contributed by atoms with E-state index in [9.17, 15) is 0 Å². The van der Waals surface area contributed by atoms with E-state index in [1.54, 1.807) is 0 Å². The summed E-state index contributed by atoms with van der Waals surface area (Å²) in [6, 6.07) is 13.0. The molecule has 2 rings (SSSR count). The van der Waals surface area contributed by atoms with Crippen LogP contribution in [0.3, 0.4) is 0 Å². The average molecular weight is 274 g/mol. The molecule has 2 aromatic rings. The van der Waals surface area contributed by atoms with Crippen LogP contribution in [0.2, 0.25) is 0 Å². The van der Waals surface area contributed by atoms with Crippen molar-refractivity contribution in [3.8, 4) is 0 Å². The molecule has 19 heavy (non-hydrogen) atoms. The largest absolute Gasteiger partial charge is 0.378 e. The summed E-state index contributed by atoms with van der Waals surface area (Å²) in [5, 5.41) is 0. The molecule has 102 valence electrons. The maximum Gasteiger partial charge on any atom is 0.0364 e. The summed E-state index contributed by atoms with van der Waals surface area (Å²) >= 11 is 1.88. The molecular formula is C16H22N2S. The number of aryl methyl sites for hydroxylation is 1. The zero-order chi connectivity index (χ0) is 13.8. The normalized spacial score (nSPS) is 12.4. The van der Waals surface area contributed by atoms with Gasteiger partial charge in [-0.25, -0.2) is 0 Å². The van der Waals surface area contributed by atoms with Crippen LogP contribution in [-0.4, -0.2) is 14.1 Å². The van der Waals surface area contributed by atoms with Crippen LogP contribution < -0.4 is 10.6 Å². The highest BCUT2D eigenvalue weighted by atomic mass is 32.1. The molecule has 0 saturated carbocycles. The molecule has 2 N–H and O–H groups in total. The van der Waals surface area contributed by atoms with E-state index in [4.69, 9.17) is 5.73 Å². The van der Waals surface area contributed by atoms with Crippen LogP contribution in [0, 0.1) is 0 Å². The van der Waals surface area contributed by atoms with Gasteiger partial charge in [-0.1, -0.05) is 19.1 Å². The third kappa shape index (κ3) is 3.58. The van der Waals surface area contributed by atoms with Crippen LogP contribution in [0.5, 0.6) is 0 Å². The highest BCUT2D eigenvalue weighted by Crippen LogP contribution is 2.24. The van der Waals surface area contributed by atoms with Crippen molar-refractivity contribution >= 4 is 17.0 Å². The van der Waals surface area contributed by atoms with E-state index in [-0.39, 0.29) is 6.04 Å². The van der Waals surface area contributed by atoms with E-state index in [1.165, 1.54) is 21.0 Å². The minimum Gasteiger partial charge on any atom is -0.378 e. The number of benzene rings is 1. The van der Waals surface area contributed by atoms with E-state index >= 15 is 0 Å². The Balaban J connectivity index is 2.10. The Bertz CT molecular complexity index is 531. The van der Waals surface area contributed by atoms with Gasteiger partial charge in [0.2, 0.25) is 0 Å². The maximum atomic E-state index is 6.33. The maximum absolute atomic E-state index is 6.33. The summed E-state index contributed by atoms with van der Waals surface area (Å²) in [5.41, 5.74) is 8.74. The molecule has 0 amide bonds. The molecule has 1 atom stereocenters. The molecule has 1 aromatic heterocycles. The average Bonchev–Trinajstić information content (AvgIpc) is 2.86. The number of thiophene rings is 1. The molecular weight excluding hydrogens is 252 g/mol. The lowest BCUT2D eigenvalue weighted by atomic mass is 10.0. The van der Waals surface area contributed by atoms with Crippen LogP contribution in [0.4, 0.5) is 5.69 Å². The van der Waals surface area contributed by atoms with Crippen molar-refractivity contribution in [2.75, 3.05) is 19.0 Å². The lowest BCUT2D eigenvalue weighted by Crippen LogP contribution is -2.14. The molecule has 2 nitrogen and oxygen atoms in total. The molecule has 1 aromatic carbocycles. The summed E-state index contributed by atoms with van der Waals surface area (Å²) in [6.07, 6.45) is 2.03. The Kier molecular flexibility index (Phi) is 4.61. The van der Waals surface area contributed by atoms with Crippen molar-refractivity contribution in [3.05, 3.63) is 51.7 Å². The second kappa shape index (κ2) is 6.22. The third-order valence-electron chi connectivity index (χ3n) is 3.30. The summed E-state index contributed by atoms with van der Waals surface area (Å²) < 4.78 is 0. The van der Waals surface area contributed by atoms with Crippen molar-refractivity contribution in [1.29, 1.82) is 0 Å². The van der Waals surface area contributed by atoms with E-state index in [0.29, 0.717) is 0 Å². The van der Waals surface area contributed by atoms with Crippen LogP contribution in [0.1, 0.15) is 28.3 Å². The van der Waals surface area contributed by atoms with Gasteiger partial charge in [0, 0.05) is 42.0 Å². The number of nitrogens with two attached hydrogens (primary N) is 1. The van der Waals surface area contributed by atoms with Crippen molar-refractivity contribution in [1.82, 2.24) is 0 Å².